The molecule has 2 aromatic heterocycles. The first-order chi connectivity index (χ1) is 13.0. The Bertz CT molecular complexity index is 1120. The molecular weight excluding hydrogens is 367 g/mol. The zero-order chi connectivity index (χ0) is 19.0. The van der Waals surface area contributed by atoms with Gasteiger partial charge in [-0.25, -0.2) is 9.37 Å². The van der Waals surface area contributed by atoms with Gasteiger partial charge in [0, 0.05) is 29.3 Å². The number of hydrogen-bond acceptors (Lipinski definition) is 5. The smallest absolute Gasteiger partial charge is 0.231 e. The molecule has 0 spiro atoms. The SMILES string of the molecule is CCc1nc2ccc(F)cc2n1-c1cc(N)nc(Nc2ccc(Cl)cc2)n1. The van der Waals surface area contributed by atoms with E-state index >= 15 is 0 Å². The lowest BCUT2D eigenvalue weighted by molar-refractivity contribution is 0.629. The van der Waals surface area contributed by atoms with E-state index in [0.717, 1.165) is 11.5 Å². The molecule has 0 saturated heterocycles. The maximum Gasteiger partial charge on any atom is 0.231 e. The third-order valence-electron chi connectivity index (χ3n) is 4.06. The highest BCUT2D eigenvalue weighted by Crippen LogP contribution is 2.24. The van der Waals surface area contributed by atoms with Crippen molar-refractivity contribution in [3.63, 3.8) is 0 Å². The van der Waals surface area contributed by atoms with Gasteiger partial charge in [0.15, 0.2) is 0 Å². The van der Waals surface area contributed by atoms with Crippen LogP contribution in [0.1, 0.15) is 12.7 Å². The summed E-state index contributed by atoms with van der Waals surface area (Å²) in [5, 5.41) is 3.74. The molecule has 4 rings (SSSR count). The number of halogens is 2. The van der Waals surface area contributed by atoms with Crippen LogP contribution in [0.4, 0.5) is 21.8 Å². The second-order valence-electron chi connectivity index (χ2n) is 5.96. The van der Waals surface area contributed by atoms with Gasteiger partial charge < -0.3 is 11.1 Å². The van der Waals surface area contributed by atoms with Crippen LogP contribution in [0.2, 0.25) is 5.02 Å². The van der Waals surface area contributed by atoms with Crippen LogP contribution in [0.3, 0.4) is 0 Å². The second-order valence-corrected chi connectivity index (χ2v) is 6.39. The Morgan fingerprint density at radius 3 is 2.59 bits per heavy atom. The largest absolute Gasteiger partial charge is 0.383 e. The number of nitrogen functional groups attached to an aromatic ring is 1. The summed E-state index contributed by atoms with van der Waals surface area (Å²) in [4.78, 5) is 13.3. The predicted octanol–water partition coefficient (Wildman–Crippen LogP) is 4.50. The first-order valence-corrected chi connectivity index (χ1v) is 8.75. The fraction of sp³-hybridized carbons (Fsp3) is 0.105. The second kappa shape index (κ2) is 6.85. The Balaban J connectivity index is 1.82. The number of aromatic nitrogens is 4. The van der Waals surface area contributed by atoms with Gasteiger partial charge >= 0.3 is 0 Å². The fourth-order valence-electron chi connectivity index (χ4n) is 2.88. The quantitative estimate of drug-likeness (QED) is 0.543. The topological polar surface area (TPSA) is 81.7 Å². The minimum absolute atomic E-state index is 0.289. The minimum atomic E-state index is -0.340. The first-order valence-electron chi connectivity index (χ1n) is 8.38. The van der Waals surface area contributed by atoms with Crippen LogP contribution in [0.25, 0.3) is 16.9 Å². The van der Waals surface area contributed by atoms with Crippen LogP contribution in [0.15, 0.2) is 48.5 Å². The summed E-state index contributed by atoms with van der Waals surface area (Å²) >= 11 is 5.91. The molecule has 0 aliphatic rings. The van der Waals surface area contributed by atoms with Gasteiger partial charge in [-0.1, -0.05) is 18.5 Å². The van der Waals surface area contributed by atoms with Crippen molar-refractivity contribution >= 4 is 40.1 Å². The molecule has 4 aromatic rings. The summed E-state index contributed by atoms with van der Waals surface area (Å²) in [6, 6.07) is 13.3. The van der Waals surface area contributed by atoms with Gasteiger partial charge in [0.25, 0.3) is 0 Å². The number of fused-ring (bicyclic) bond motifs is 1. The summed E-state index contributed by atoms with van der Waals surface area (Å²) < 4.78 is 15.6. The molecule has 27 heavy (non-hydrogen) atoms. The number of hydrogen-bond donors (Lipinski definition) is 2. The standard InChI is InChI=1S/C19H16ClFN6/c1-2-17-24-14-8-5-12(21)9-15(14)27(17)18-10-16(22)25-19(26-18)23-13-6-3-11(20)4-7-13/h3-10H,2H2,1H3,(H3,22,23,25,26). The van der Waals surface area contributed by atoms with Crippen LogP contribution >= 0.6 is 11.6 Å². The average Bonchev–Trinajstić information content (AvgIpc) is 3.01. The molecule has 0 fully saturated rings. The normalized spacial score (nSPS) is 11.1. The summed E-state index contributed by atoms with van der Waals surface area (Å²) in [6.07, 6.45) is 0.653. The number of nitrogens with two attached hydrogens (primary N) is 1. The van der Waals surface area contributed by atoms with Gasteiger partial charge in [-0.3, -0.25) is 4.57 Å². The molecule has 0 atom stereocenters. The van der Waals surface area contributed by atoms with Gasteiger partial charge in [-0.05, 0) is 36.4 Å². The zero-order valence-corrected chi connectivity index (χ0v) is 15.2. The fourth-order valence-corrected chi connectivity index (χ4v) is 3.00. The van der Waals surface area contributed by atoms with Crippen molar-refractivity contribution in [3.05, 3.63) is 65.2 Å². The molecule has 0 unspecified atom stereocenters. The predicted molar refractivity (Wildman–Crippen MR) is 105 cm³/mol. The maximum absolute atomic E-state index is 13.8. The molecule has 2 heterocycles. The Morgan fingerprint density at radius 2 is 1.85 bits per heavy atom. The lowest BCUT2D eigenvalue weighted by Gasteiger charge is -2.11. The number of rotatable bonds is 4. The Hall–Kier alpha value is -3.19. The van der Waals surface area contributed by atoms with Gasteiger partial charge in [-0.2, -0.15) is 9.97 Å². The molecule has 0 aliphatic carbocycles. The molecule has 2 aromatic carbocycles. The molecule has 0 radical (unpaired) electrons. The monoisotopic (exact) mass is 382 g/mol. The summed E-state index contributed by atoms with van der Waals surface area (Å²) in [5.41, 5.74) is 8.08. The van der Waals surface area contributed by atoms with Crippen molar-refractivity contribution in [1.29, 1.82) is 0 Å². The first kappa shape index (κ1) is 17.2. The Morgan fingerprint density at radius 1 is 1.07 bits per heavy atom. The molecule has 6 nitrogen and oxygen atoms in total. The van der Waals surface area contributed by atoms with E-state index in [0.29, 0.717) is 34.2 Å². The van der Waals surface area contributed by atoms with E-state index < -0.39 is 0 Å². The van der Waals surface area contributed by atoms with E-state index in [1.54, 1.807) is 28.8 Å². The molecular formula is C19H16ClFN6. The molecule has 0 bridgehead atoms. The highest BCUT2D eigenvalue weighted by atomic mass is 35.5. The van der Waals surface area contributed by atoms with Gasteiger partial charge in [0.1, 0.15) is 23.3 Å². The van der Waals surface area contributed by atoms with E-state index in [-0.39, 0.29) is 11.6 Å². The summed E-state index contributed by atoms with van der Waals surface area (Å²) in [6.45, 7) is 1.98. The van der Waals surface area contributed by atoms with Crippen molar-refractivity contribution in [2.24, 2.45) is 0 Å². The van der Waals surface area contributed by atoms with Gasteiger partial charge in [0.2, 0.25) is 5.95 Å². The number of benzene rings is 2. The van der Waals surface area contributed by atoms with Crippen LogP contribution in [-0.4, -0.2) is 19.5 Å². The van der Waals surface area contributed by atoms with E-state index in [1.807, 2.05) is 19.1 Å². The van der Waals surface area contributed by atoms with E-state index in [2.05, 4.69) is 20.3 Å². The molecule has 0 aliphatic heterocycles. The summed E-state index contributed by atoms with van der Waals surface area (Å²) in [5.74, 6) is 1.55. The number of nitrogens with zero attached hydrogens (tertiary/aromatic N) is 4. The van der Waals surface area contributed by atoms with Crippen molar-refractivity contribution in [2.75, 3.05) is 11.1 Å². The Labute approximate surface area is 159 Å². The van der Waals surface area contributed by atoms with Gasteiger partial charge in [-0.15, -0.1) is 0 Å². The van der Waals surface area contributed by atoms with E-state index in [1.165, 1.54) is 12.1 Å². The molecule has 136 valence electrons. The van der Waals surface area contributed by atoms with Crippen LogP contribution < -0.4 is 11.1 Å². The summed E-state index contributed by atoms with van der Waals surface area (Å²) in [7, 11) is 0. The minimum Gasteiger partial charge on any atom is -0.383 e. The highest BCUT2D eigenvalue weighted by Gasteiger charge is 2.15. The lowest BCUT2D eigenvalue weighted by Crippen LogP contribution is -2.08. The molecule has 0 amide bonds. The van der Waals surface area contributed by atoms with Crippen LogP contribution in [0, 0.1) is 5.82 Å². The molecule has 8 heteroatoms. The van der Waals surface area contributed by atoms with Crippen molar-refractivity contribution in [1.82, 2.24) is 19.5 Å². The van der Waals surface area contributed by atoms with Gasteiger partial charge in [0.05, 0.1) is 11.0 Å². The maximum atomic E-state index is 13.8. The van der Waals surface area contributed by atoms with E-state index in [9.17, 15) is 4.39 Å². The Kier molecular flexibility index (Phi) is 4.37. The third kappa shape index (κ3) is 3.41. The number of imidazole rings is 1. The number of aryl methyl sites for hydroxylation is 1. The van der Waals surface area contributed by atoms with Crippen molar-refractivity contribution in [2.45, 2.75) is 13.3 Å². The molecule has 0 saturated carbocycles. The van der Waals surface area contributed by atoms with Crippen molar-refractivity contribution < 1.29 is 4.39 Å². The van der Waals surface area contributed by atoms with Crippen LogP contribution in [0.5, 0.6) is 0 Å². The van der Waals surface area contributed by atoms with Crippen molar-refractivity contribution in [3.8, 4) is 5.82 Å². The zero-order valence-electron chi connectivity index (χ0n) is 14.4. The van der Waals surface area contributed by atoms with E-state index in [4.69, 9.17) is 17.3 Å². The number of nitrogens with one attached hydrogen (secondary N) is 1. The van der Waals surface area contributed by atoms with Crippen LogP contribution in [-0.2, 0) is 6.42 Å². The molecule has 3 N–H and O–H groups in total. The lowest BCUT2D eigenvalue weighted by atomic mass is 10.3. The third-order valence-corrected chi connectivity index (χ3v) is 4.32. The number of anilines is 3. The average molecular weight is 383 g/mol. The highest BCUT2D eigenvalue weighted by molar-refractivity contribution is 6.30.